The molecule has 0 aliphatic heterocycles. The molecule has 10 heavy (non-hydrogen) atoms. The van der Waals surface area contributed by atoms with Gasteiger partial charge in [-0.3, -0.25) is 0 Å². The molecular formula is C7H18N2V. The predicted octanol–water partition coefficient (Wildman–Crippen LogP) is 1.83. The molecule has 0 aromatic carbocycles. The molecule has 61 valence electrons. The van der Waals surface area contributed by atoms with Crippen LogP contribution in [0.1, 0.15) is 13.8 Å². The normalized spacial score (nSPS) is 11.1. The minimum Gasteiger partial charge on any atom is -0.676 e. The Hall–Kier alpha value is 0.504. The first-order chi connectivity index (χ1) is 4.18. The van der Waals surface area contributed by atoms with Gasteiger partial charge in [0.25, 0.3) is 0 Å². The molecule has 0 aromatic rings. The van der Waals surface area contributed by atoms with E-state index in [1.807, 2.05) is 25.9 Å². The Morgan fingerprint density at radius 1 is 1.40 bits per heavy atom. The van der Waals surface area contributed by atoms with Crippen molar-refractivity contribution in [2.75, 3.05) is 20.6 Å². The predicted molar refractivity (Wildman–Crippen MR) is 43.4 cm³/mol. The minimum atomic E-state index is 0. The second kappa shape index (κ2) is 12.2. The summed E-state index contributed by atoms with van der Waals surface area (Å²) in [7, 11) is 3.97. The summed E-state index contributed by atoms with van der Waals surface area (Å²) in [6.45, 7) is 7.53. The molecule has 0 saturated heterocycles. The minimum absolute atomic E-state index is 0. The summed E-state index contributed by atoms with van der Waals surface area (Å²) >= 11 is 0. The molecule has 0 bridgehead atoms. The molecule has 1 N–H and O–H groups in total. The van der Waals surface area contributed by atoms with E-state index in [-0.39, 0.29) is 18.6 Å². The first-order valence-electron chi connectivity index (χ1n) is 3.20. The van der Waals surface area contributed by atoms with E-state index < -0.39 is 0 Å². The number of nitrogens with one attached hydrogen (secondary N) is 1. The number of hydrogen-bond donors (Lipinski definition) is 0. The first-order valence-corrected chi connectivity index (χ1v) is 3.20. The molecule has 0 aromatic heterocycles. The van der Waals surface area contributed by atoms with E-state index in [9.17, 15) is 0 Å². The Balaban J connectivity index is -0.000000149. The van der Waals surface area contributed by atoms with Crippen molar-refractivity contribution in [1.29, 1.82) is 0 Å². The van der Waals surface area contributed by atoms with E-state index >= 15 is 0 Å². The van der Waals surface area contributed by atoms with Crippen molar-refractivity contribution in [3.63, 3.8) is 0 Å². The van der Waals surface area contributed by atoms with Crippen molar-refractivity contribution < 1.29 is 18.6 Å². The summed E-state index contributed by atoms with van der Waals surface area (Å²) < 4.78 is 0. The van der Waals surface area contributed by atoms with Gasteiger partial charge in [-0.2, -0.15) is 6.92 Å². The van der Waals surface area contributed by atoms with E-state index in [0.29, 0.717) is 12.6 Å². The van der Waals surface area contributed by atoms with Crippen LogP contribution in [-0.2, 0) is 18.6 Å². The number of likely N-dealkylation sites (N-methyl/N-ethyl adjacent to an activating group) is 1. The fourth-order valence-electron chi connectivity index (χ4n) is 0.183. The molecule has 0 saturated carbocycles. The van der Waals surface area contributed by atoms with Crippen LogP contribution in [0.5, 0.6) is 0 Å². The second-order valence-corrected chi connectivity index (χ2v) is 2.02. The molecular weight excluding hydrogens is 163 g/mol. The molecule has 1 unspecified atom stereocenters. The van der Waals surface area contributed by atoms with E-state index in [1.54, 1.807) is 6.92 Å². The Kier molecular flexibility index (Phi) is 20.6. The van der Waals surface area contributed by atoms with Gasteiger partial charge in [-0.1, -0.05) is 6.92 Å². The van der Waals surface area contributed by atoms with Gasteiger partial charge in [0.2, 0.25) is 0 Å². The average molecular weight is 181 g/mol. The van der Waals surface area contributed by atoms with Crippen LogP contribution in [0.2, 0.25) is 0 Å². The van der Waals surface area contributed by atoms with Gasteiger partial charge in [0.15, 0.2) is 0 Å². The van der Waals surface area contributed by atoms with Crippen molar-refractivity contribution in [2.45, 2.75) is 19.9 Å². The number of nitrogens with zero attached hydrogens (tertiary/aromatic N) is 1. The summed E-state index contributed by atoms with van der Waals surface area (Å²) in [5.74, 6) is 0. The fourth-order valence-corrected chi connectivity index (χ4v) is 0.183. The monoisotopic (exact) mass is 181 g/mol. The van der Waals surface area contributed by atoms with Gasteiger partial charge in [0, 0.05) is 0 Å². The van der Waals surface area contributed by atoms with Gasteiger partial charge in [-0.25, -0.2) is 0 Å². The van der Waals surface area contributed by atoms with Gasteiger partial charge in [-0.05, 0) is 20.1 Å². The summed E-state index contributed by atoms with van der Waals surface area (Å²) in [4.78, 5) is 2.03. The van der Waals surface area contributed by atoms with Gasteiger partial charge in [-0.15, -0.1) is 6.54 Å². The maximum Gasteiger partial charge on any atom is 2.00 e. The summed E-state index contributed by atoms with van der Waals surface area (Å²) in [6.07, 6.45) is 0. The Morgan fingerprint density at radius 2 is 1.70 bits per heavy atom. The topological polar surface area (TPSA) is 27.0 Å². The van der Waals surface area contributed by atoms with Crippen LogP contribution in [0.15, 0.2) is 0 Å². The standard InChI is InChI=1S/C5H13N2.C2H5.V/c1-5(4-6)7(2)3;1-2;/h5-6H,4H2,1-3H3;1H2,2H3;/q2*-1;+2. The van der Waals surface area contributed by atoms with Crippen LogP contribution in [0.25, 0.3) is 5.73 Å². The van der Waals surface area contributed by atoms with Crippen LogP contribution in [0, 0.1) is 6.92 Å². The molecule has 0 aliphatic rings. The molecule has 1 radical (unpaired) electrons. The third-order valence-electron chi connectivity index (χ3n) is 1.18. The second-order valence-electron chi connectivity index (χ2n) is 2.02. The maximum absolute atomic E-state index is 6.90. The smallest absolute Gasteiger partial charge is 0.676 e. The average Bonchev–Trinajstić information content (AvgIpc) is 1.91. The molecule has 0 aliphatic carbocycles. The SMILES string of the molecule is CC(C[NH-])N(C)C.[CH2-]C.[V+2]. The molecule has 3 heteroatoms. The fraction of sp³-hybridized carbons (Fsp3) is 0.857. The van der Waals surface area contributed by atoms with Crippen molar-refractivity contribution in [2.24, 2.45) is 0 Å². The summed E-state index contributed by atoms with van der Waals surface area (Å²) in [5.41, 5.74) is 6.90. The van der Waals surface area contributed by atoms with E-state index in [2.05, 4.69) is 6.92 Å². The zero-order chi connectivity index (χ0) is 7.86. The zero-order valence-corrected chi connectivity index (χ0v) is 8.78. The third kappa shape index (κ3) is 11.3. The Labute approximate surface area is 77.0 Å². The Morgan fingerprint density at radius 3 is 1.70 bits per heavy atom. The zero-order valence-electron chi connectivity index (χ0n) is 7.39. The largest absolute Gasteiger partial charge is 2.00 e. The van der Waals surface area contributed by atoms with Gasteiger partial charge < -0.3 is 17.6 Å². The molecule has 0 heterocycles. The molecule has 2 nitrogen and oxygen atoms in total. The summed E-state index contributed by atoms with van der Waals surface area (Å²) in [5, 5.41) is 0. The molecule has 0 spiro atoms. The van der Waals surface area contributed by atoms with Crippen LogP contribution in [0.3, 0.4) is 0 Å². The van der Waals surface area contributed by atoms with Crippen molar-refractivity contribution in [3.8, 4) is 0 Å². The van der Waals surface area contributed by atoms with Crippen molar-refractivity contribution in [3.05, 3.63) is 12.7 Å². The van der Waals surface area contributed by atoms with E-state index in [4.69, 9.17) is 5.73 Å². The van der Waals surface area contributed by atoms with Crippen molar-refractivity contribution >= 4 is 0 Å². The van der Waals surface area contributed by atoms with E-state index in [0.717, 1.165) is 0 Å². The van der Waals surface area contributed by atoms with Gasteiger partial charge in [0.05, 0.1) is 0 Å². The molecule has 0 fully saturated rings. The molecule has 0 amide bonds. The van der Waals surface area contributed by atoms with Crippen LogP contribution in [-0.4, -0.2) is 31.6 Å². The molecule has 0 rings (SSSR count). The van der Waals surface area contributed by atoms with Crippen LogP contribution < -0.4 is 0 Å². The molecule has 1 atom stereocenters. The van der Waals surface area contributed by atoms with Gasteiger partial charge in [0.1, 0.15) is 0 Å². The van der Waals surface area contributed by atoms with Crippen molar-refractivity contribution in [1.82, 2.24) is 4.90 Å². The van der Waals surface area contributed by atoms with Gasteiger partial charge >= 0.3 is 18.6 Å². The quantitative estimate of drug-likeness (QED) is 0.597. The van der Waals surface area contributed by atoms with E-state index in [1.165, 1.54) is 0 Å². The number of hydrogen-bond acceptors (Lipinski definition) is 1. The third-order valence-corrected chi connectivity index (χ3v) is 1.18. The Bertz CT molecular complexity index is 48.9. The van der Waals surface area contributed by atoms with Crippen LogP contribution in [0.4, 0.5) is 0 Å². The maximum atomic E-state index is 6.90. The van der Waals surface area contributed by atoms with Crippen LogP contribution >= 0.6 is 0 Å². The number of rotatable bonds is 2. The summed E-state index contributed by atoms with van der Waals surface area (Å²) in [6, 6.07) is 0.403. The first kappa shape index (κ1) is 16.8.